The highest BCUT2D eigenvalue weighted by Gasteiger charge is 2.38. The smallest absolute Gasteiger partial charge is 0.254 e. The first kappa shape index (κ1) is 20.6. The fourth-order valence-corrected chi connectivity index (χ4v) is 5.94. The van der Waals surface area contributed by atoms with E-state index in [2.05, 4.69) is 10.0 Å². The molecule has 2 atom stereocenters. The summed E-state index contributed by atoms with van der Waals surface area (Å²) in [5.41, 5.74) is 0.470. The van der Waals surface area contributed by atoms with Gasteiger partial charge in [-0.2, -0.15) is 0 Å². The van der Waals surface area contributed by atoms with Crippen molar-refractivity contribution in [2.75, 3.05) is 13.1 Å². The van der Waals surface area contributed by atoms with Gasteiger partial charge in [-0.15, -0.1) is 12.4 Å². The molecule has 1 aromatic carbocycles. The molecule has 2 aliphatic heterocycles. The maximum Gasteiger partial charge on any atom is 0.254 e. The Morgan fingerprint density at radius 2 is 1.81 bits per heavy atom. The maximum atomic E-state index is 13.1. The van der Waals surface area contributed by atoms with E-state index in [1.807, 2.05) is 4.90 Å². The van der Waals surface area contributed by atoms with Gasteiger partial charge >= 0.3 is 0 Å². The lowest BCUT2D eigenvalue weighted by molar-refractivity contribution is 0.0680. The Balaban J connectivity index is 0.00000210. The minimum atomic E-state index is -3.58. The zero-order valence-electron chi connectivity index (χ0n) is 15.4. The zero-order valence-corrected chi connectivity index (χ0v) is 17.0. The van der Waals surface area contributed by atoms with E-state index in [-0.39, 0.29) is 41.3 Å². The summed E-state index contributed by atoms with van der Waals surface area (Å²) in [5, 5.41) is 3.39. The molecule has 1 aliphatic carbocycles. The minimum Gasteiger partial charge on any atom is -0.331 e. The molecule has 6 nitrogen and oxygen atoms in total. The summed E-state index contributed by atoms with van der Waals surface area (Å²) < 4.78 is 28.2. The van der Waals surface area contributed by atoms with E-state index in [1.165, 1.54) is 6.07 Å². The molecule has 2 saturated heterocycles. The molecule has 1 amide bonds. The first-order chi connectivity index (χ1) is 12.5. The lowest BCUT2D eigenvalue weighted by Crippen LogP contribution is -2.42. The van der Waals surface area contributed by atoms with E-state index in [0.717, 1.165) is 58.0 Å². The Morgan fingerprint density at radius 3 is 2.59 bits per heavy atom. The third-order valence-corrected chi connectivity index (χ3v) is 7.48. The van der Waals surface area contributed by atoms with E-state index in [4.69, 9.17) is 0 Å². The molecule has 1 aromatic rings. The largest absolute Gasteiger partial charge is 0.331 e. The molecule has 1 saturated carbocycles. The molecule has 27 heavy (non-hydrogen) atoms. The lowest BCUT2D eigenvalue weighted by atomic mass is 10.1. The van der Waals surface area contributed by atoms with Crippen LogP contribution in [0.3, 0.4) is 0 Å². The Labute approximate surface area is 167 Å². The third kappa shape index (κ3) is 4.31. The van der Waals surface area contributed by atoms with Crippen LogP contribution in [0.5, 0.6) is 0 Å². The first-order valence-electron chi connectivity index (χ1n) is 9.70. The van der Waals surface area contributed by atoms with Crippen LogP contribution >= 0.6 is 12.4 Å². The van der Waals surface area contributed by atoms with Crippen molar-refractivity contribution in [1.29, 1.82) is 0 Å². The predicted molar refractivity (Wildman–Crippen MR) is 107 cm³/mol. The number of hydrogen-bond donors (Lipinski definition) is 2. The molecule has 2 bridgehead atoms. The quantitative estimate of drug-likeness (QED) is 0.793. The number of rotatable bonds is 4. The highest BCUT2D eigenvalue weighted by atomic mass is 35.5. The van der Waals surface area contributed by atoms with E-state index in [1.54, 1.807) is 18.2 Å². The van der Waals surface area contributed by atoms with Crippen molar-refractivity contribution in [2.45, 2.75) is 68.0 Å². The molecule has 2 unspecified atom stereocenters. The van der Waals surface area contributed by atoms with Crippen molar-refractivity contribution in [3.63, 3.8) is 0 Å². The molecule has 3 fully saturated rings. The second-order valence-electron chi connectivity index (χ2n) is 7.72. The lowest BCUT2D eigenvalue weighted by Gasteiger charge is -2.28. The summed E-state index contributed by atoms with van der Waals surface area (Å²) in [6, 6.07) is 7.02. The average Bonchev–Trinajstić information content (AvgIpc) is 3.20. The Morgan fingerprint density at radius 1 is 1.07 bits per heavy atom. The molecule has 0 aromatic heterocycles. The van der Waals surface area contributed by atoms with Crippen LogP contribution in [0.4, 0.5) is 0 Å². The van der Waals surface area contributed by atoms with Gasteiger partial charge in [-0.25, -0.2) is 13.1 Å². The standard InChI is InChI=1S/C19H27N3O3S.ClH/c23-19(22-16-8-9-17(22)13-20-11-10-16)14-4-3-7-18(12-14)26(24,25)21-15-5-1-2-6-15;/h3-4,7,12,15-17,20-21H,1-2,5-6,8-11,13H2;1H. The third-order valence-electron chi connectivity index (χ3n) is 5.96. The SMILES string of the molecule is Cl.O=C(c1cccc(S(=O)(=O)NC2CCCC2)c1)N1C2CCNCC1CC2. The Kier molecular flexibility index (Phi) is 6.46. The van der Waals surface area contributed by atoms with Gasteiger partial charge in [0.25, 0.3) is 5.91 Å². The normalized spacial score (nSPS) is 25.9. The monoisotopic (exact) mass is 413 g/mol. The highest BCUT2D eigenvalue weighted by Crippen LogP contribution is 2.30. The fraction of sp³-hybridized carbons (Fsp3) is 0.632. The fourth-order valence-electron chi connectivity index (χ4n) is 4.59. The molecule has 0 radical (unpaired) electrons. The van der Waals surface area contributed by atoms with Crippen LogP contribution in [-0.4, -0.2) is 50.4 Å². The number of sulfonamides is 1. The van der Waals surface area contributed by atoms with E-state index in [0.29, 0.717) is 5.56 Å². The van der Waals surface area contributed by atoms with E-state index < -0.39 is 10.0 Å². The van der Waals surface area contributed by atoms with Crippen LogP contribution in [0.15, 0.2) is 29.2 Å². The van der Waals surface area contributed by atoms with Crippen molar-refractivity contribution in [3.05, 3.63) is 29.8 Å². The molecule has 3 aliphatic rings. The number of halogens is 1. The summed E-state index contributed by atoms with van der Waals surface area (Å²) in [6.45, 7) is 1.76. The number of nitrogens with one attached hydrogen (secondary N) is 2. The molecule has 8 heteroatoms. The van der Waals surface area contributed by atoms with Gasteiger partial charge in [-0.3, -0.25) is 4.79 Å². The molecule has 4 rings (SSSR count). The van der Waals surface area contributed by atoms with Crippen molar-refractivity contribution in [2.24, 2.45) is 0 Å². The molecular weight excluding hydrogens is 386 g/mol. The number of hydrogen-bond acceptors (Lipinski definition) is 4. The van der Waals surface area contributed by atoms with E-state index in [9.17, 15) is 13.2 Å². The Hall–Kier alpha value is -1.15. The summed E-state index contributed by atoms with van der Waals surface area (Å²) in [5.74, 6) is -0.0425. The molecule has 150 valence electrons. The van der Waals surface area contributed by atoms with Crippen LogP contribution in [0.25, 0.3) is 0 Å². The molecule has 2 heterocycles. The van der Waals surface area contributed by atoms with Gasteiger partial charge in [0.05, 0.1) is 4.90 Å². The second kappa shape index (κ2) is 8.47. The van der Waals surface area contributed by atoms with Gasteiger partial charge in [0, 0.05) is 30.2 Å². The van der Waals surface area contributed by atoms with Crippen LogP contribution < -0.4 is 10.0 Å². The van der Waals surface area contributed by atoms with Crippen molar-refractivity contribution < 1.29 is 13.2 Å². The first-order valence-corrected chi connectivity index (χ1v) is 11.2. The van der Waals surface area contributed by atoms with Gasteiger partial charge < -0.3 is 10.2 Å². The van der Waals surface area contributed by atoms with Crippen LogP contribution in [0, 0.1) is 0 Å². The second-order valence-corrected chi connectivity index (χ2v) is 9.43. The van der Waals surface area contributed by atoms with Crippen molar-refractivity contribution in [1.82, 2.24) is 14.9 Å². The van der Waals surface area contributed by atoms with Gasteiger partial charge in [-0.05, 0) is 56.8 Å². The number of carbonyl (C=O) groups is 1. The van der Waals surface area contributed by atoms with E-state index >= 15 is 0 Å². The minimum absolute atomic E-state index is 0. The molecule has 2 N–H and O–H groups in total. The highest BCUT2D eigenvalue weighted by molar-refractivity contribution is 7.89. The number of fused-ring (bicyclic) bond motifs is 2. The molecule has 0 spiro atoms. The average molecular weight is 414 g/mol. The topological polar surface area (TPSA) is 78.5 Å². The maximum absolute atomic E-state index is 13.1. The number of amides is 1. The van der Waals surface area contributed by atoms with Gasteiger partial charge in [0.2, 0.25) is 10.0 Å². The van der Waals surface area contributed by atoms with Gasteiger partial charge in [0.15, 0.2) is 0 Å². The summed E-state index contributed by atoms with van der Waals surface area (Å²) in [6.07, 6.45) is 6.94. The van der Waals surface area contributed by atoms with Gasteiger partial charge in [-0.1, -0.05) is 18.9 Å². The van der Waals surface area contributed by atoms with Crippen LogP contribution in [0.2, 0.25) is 0 Å². The summed E-state index contributed by atoms with van der Waals surface area (Å²) >= 11 is 0. The predicted octanol–water partition coefficient (Wildman–Crippen LogP) is 2.30. The van der Waals surface area contributed by atoms with Crippen LogP contribution in [0.1, 0.15) is 55.3 Å². The van der Waals surface area contributed by atoms with Crippen molar-refractivity contribution >= 4 is 28.3 Å². The summed E-state index contributed by atoms with van der Waals surface area (Å²) in [7, 11) is -3.58. The number of benzene rings is 1. The molecular formula is C19H28ClN3O3S. The zero-order chi connectivity index (χ0) is 18.1. The Bertz CT molecular complexity index is 766. The van der Waals surface area contributed by atoms with Crippen molar-refractivity contribution in [3.8, 4) is 0 Å². The number of carbonyl (C=O) groups excluding carboxylic acids is 1. The number of nitrogens with zero attached hydrogens (tertiary/aromatic N) is 1. The summed E-state index contributed by atoms with van der Waals surface area (Å²) in [4.78, 5) is 15.3. The van der Waals surface area contributed by atoms with Crippen LogP contribution in [-0.2, 0) is 10.0 Å². The van der Waals surface area contributed by atoms with Gasteiger partial charge in [0.1, 0.15) is 0 Å².